The predicted molar refractivity (Wildman–Crippen MR) is 105 cm³/mol. The molecule has 3 rings (SSSR count). The zero-order valence-electron chi connectivity index (χ0n) is 15.2. The minimum atomic E-state index is 0.0460. The molecule has 3 aromatic carbocycles. The highest BCUT2D eigenvalue weighted by Gasteiger charge is 2.13. The molecule has 0 atom stereocenters. The van der Waals surface area contributed by atoms with Crippen LogP contribution in [0.4, 0.5) is 5.69 Å². The predicted octanol–water partition coefficient (Wildman–Crippen LogP) is 4.15. The van der Waals surface area contributed by atoms with Crippen molar-refractivity contribution < 1.29 is 14.3 Å². The van der Waals surface area contributed by atoms with E-state index in [-0.39, 0.29) is 5.78 Å². The summed E-state index contributed by atoms with van der Waals surface area (Å²) in [5, 5.41) is 2.04. The number of aldehydes is 1. The Labute approximate surface area is 153 Å². The van der Waals surface area contributed by atoms with Crippen molar-refractivity contribution in [1.29, 1.82) is 0 Å². The fourth-order valence-corrected chi connectivity index (χ4v) is 2.98. The lowest BCUT2D eigenvalue weighted by molar-refractivity contribution is 0.0993. The molecule has 3 aromatic rings. The fraction of sp³-hybridized carbons (Fsp3) is 0.182. The van der Waals surface area contributed by atoms with Gasteiger partial charge in [0.15, 0.2) is 5.78 Å². The van der Waals surface area contributed by atoms with Crippen LogP contribution in [-0.4, -0.2) is 33.3 Å². The Morgan fingerprint density at radius 2 is 1.77 bits per heavy atom. The summed E-state index contributed by atoms with van der Waals surface area (Å²) < 4.78 is 5.32. The van der Waals surface area contributed by atoms with Crippen LogP contribution in [0.5, 0.6) is 5.75 Å². The molecule has 0 spiro atoms. The van der Waals surface area contributed by atoms with Crippen LogP contribution in [0.25, 0.3) is 10.8 Å². The van der Waals surface area contributed by atoms with Crippen LogP contribution in [-0.2, 0) is 6.42 Å². The van der Waals surface area contributed by atoms with Gasteiger partial charge in [0.05, 0.1) is 7.11 Å². The molecule has 0 heterocycles. The van der Waals surface area contributed by atoms with Crippen LogP contribution >= 0.6 is 0 Å². The number of methoxy groups -OCH3 is 1. The van der Waals surface area contributed by atoms with Crippen LogP contribution in [0.1, 0.15) is 26.3 Å². The first-order valence-corrected chi connectivity index (χ1v) is 8.38. The summed E-state index contributed by atoms with van der Waals surface area (Å²) in [5.74, 6) is 0.833. The molecule has 0 unspecified atom stereocenters. The van der Waals surface area contributed by atoms with Gasteiger partial charge >= 0.3 is 0 Å². The lowest BCUT2D eigenvalue weighted by Gasteiger charge is -2.18. The van der Waals surface area contributed by atoms with Crippen LogP contribution in [0.15, 0.2) is 54.6 Å². The smallest absolute Gasteiger partial charge is 0.167 e. The van der Waals surface area contributed by atoms with E-state index in [2.05, 4.69) is 0 Å². The van der Waals surface area contributed by atoms with Crippen molar-refractivity contribution in [3.05, 3.63) is 71.3 Å². The molecule has 0 radical (unpaired) electrons. The summed E-state index contributed by atoms with van der Waals surface area (Å²) in [7, 11) is 5.56. The molecule has 0 bridgehead atoms. The number of hydrogen-bond donors (Lipinski definition) is 0. The molecule has 4 nitrogen and oxygen atoms in total. The maximum Gasteiger partial charge on any atom is 0.167 e. The van der Waals surface area contributed by atoms with Crippen molar-refractivity contribution >= 4 is 28.5 Å². The number of carbonyl (C=O) groups is 2. The molecule has 132 valence electrons. The van der Waals surface area contributed by atoms with Crippen molar-refractivity contribution in [2.75, 3.05) is 26.1 Å². The van der Waals surface area contributed by atoms with Gasteiger partial charge < -0.3 is 9.64 Å². The first kappa shape index (κ1) is 17.7. The van der Waals surface area contributed by atoms with E-state index in [1.165, 1.54) is 0 Å². The van der Waals surface area contributed by atoms with E-state index in [4.69, 9.17) is 4.74 Å². The minimum absolute atomic E-state index is 0.0460. The van der Waals surface area contributed by atoms with E-state index in [0.717, 1.165) is 34.1 Å². The molecule has 26 heavy (non-hydrogen) atoms. The maximum absolute atomic E-state index is 12.8. The van der Waals surface area contributed by atoms with E-state index in [0.29, 0.717) is 17.5 Å². The molecule has 0 aliphatic heterocycles. The average molecular weight is 347 g/mol. The van der Waals surface area contributed by atoms with Crippen LogP contribution in [0, 0.1) is 0 Å². The topological polar surface area (TPSA) is 46.6 Å². The Bertz CT molecular complexity index is 959. The first-order chi connectivity index (χ1) is 12.5. The third-order valence-corrected chi connectivity index (χ3v) is 4.42. The molecule has 0 amide bonds. The molecule has 0 saturated heterocycles. The summed E-state index contributed by atoms with van der Waals surface area (Å²) in [5.41, 5.74) is 3.14. The zero-order chi connectivity index (χ0) is 18.7. The summed E-state index contributed by atoms with van der Waals surface area (Å²) >= 11 is 0. The van der Waals surface area contributed by atoms with Crippen molar-refractivity contribution in [1.82, 2.24) is 0 Å². The normalized spacial score (nSPS) is 10.6. The molecular weight excluding hydrogens is 326 g/mol. The van der Waals surface area contributed by atoms with E-state index < -0.39 is 0 Å². The molecule has 0 aliphatic rings. The lowest BCUT2D eigenvalue weighted by Crippen LogP contribution is -2.11. The molecule has 0 aromatic heterocycles. The van der Waals surface area contributed by atoms with Crippen LogP contribution in [0.3, 0.4) is 0 Å². The van der Waals surface area contributed by atoms with E-state index in [1.54, 1.807) is 19.2 Å². The molecule has 0 saturated carbocycles. The third kappa shape index (κ3) is 3.59. The molecule has 4 heteroatoms. The number of ether oxygens (including phenoxy) is 1. The van der Waals surface area contributed by atoms with Gasteiger partial charge in [-0.3, -0.25) is 9.59 Å². The van der Waals surface area contributed by atoms with Gasteiger partial charge in [-0.05, 0) is 35.2 Å². The van der Waals surface area contributed by atoms with E-state index in [1.807, 2.05) is 61.5 Å². The Balaban J connectivity index is 1.98. The minimum Gasteiger partial charge on any atom is -0.497 e. The van der Waals surface area contributed by atoms with Gasteiger partial charge in [-0.2, -0.15) is 0 Å². The average Bonchev–Trinajstić information content (AvgIpc) is 2.67. The van der Waals surface area contributed by atoms with Crippen molar-refractivity contribution in [3.63, 3.8) is 0 Å². The fourth-order valence-electron chi connectivity index (χ4n) is 2.98. The van der Waals surface area contributed by atoms with Crippen molar-refractivity contribution in [2.24, 2.45) is 0 Å². The number of fused-ring (bicyclic) bond motifs is 1. The van der Waals surface area contributed by atoms with Crippen molar-refractivity contribution in [3.8, 4) is 5.75 Å². The zero-order valence-corrected chi connectivity index (χ0v) is 15.2. The third-order valence-electron chi connectivity index (χ3n) is 4.42. The second-order valence-electron chi connectivity index (χ2n) is 6.44. The van der Waals surface area contributed by atoms with Gasteiger partial charge in [-0.15, -0.1) is 0 Å². The molecule has 0 N–H and O–H groups in total. The van der Waals surface area contributed by atoms with E-state index >= 15 is 0 Å². The maximum atomic E-state index is 12.8. The Kier molecular flexibility index (Phi) is 5.03. The highest BCUT2D eigenvalue weighted by Crippen LogP contribution is 2.31. The van der Waals surface area contributed by atoms with Gasteiger partial charge in [0.25, 0.3) is 0 Å². The Morgan fingerprint density at radius 3 is 2.38 bits per heavy atom. The van der Waals surface area contributed by atoms with Crippen molar-refractivity contribution in [2.45, 2.75) is 6.42 Å². The first-order valence-electron chi connectivity index (χ1n) is 8.38. The number of ketones is 1. The number of carbonyl (C=O) groups excluding carboxylic acids is 2. The molecule has 0 fully saturated rings. The second kappa shape index (κ2) is 7.40. The summed E-state index contributed by atoms with van der Waals surface area (Å²) in [4.78, 5) is 25.5. The number of rotatable bonds is 6. The summed E-state index contributed by atoms with van der Waals surface area (Å²) in [6, 6.07) is 16.8. The highest BCUT2D eigenvalue weighted by molar-refractivity contribution is 6.05. The van der Waals surface area contributed by atoms with Gasteiger partial charge in [0, 0.05) is 42.7 Å². The van der Waals surface area contributed by atoms with Gasteiger partial charge in [0.2, 0.25) is 0 Å². The molecule has 0 aliphatic carbocycles. The Hall–Kier alpha value is -3.14. The number of nitrogens with zero attached hydrogens (tertiary/aromatic N) is 1. The van der Waals surface area contributed by atoms with E-state index in [9.17, 15) is 9.59 Å². The number of anilines is 1. The second-order valence-corrected chi connectivity index (χ2v) is 6.44. The van der Waals surface area contributed by atoms with Gasteiger partial charge in [0.1, 0.15) is 12.0 Å². The lowest BCUT2D eigenvalue weighted by atomic mass is 9.98. The number of Topliss-reactive ketones (excluding diaryl/α,β-unsaturated/α-hetero) is 1. The largest absolute Gasteiger partial charge is 0.497 e. The molecular formula is C22H21NO3. The standard InChI is InChI=1S/C22H21NO3/c1-23(2)21-12-18(11-17-8-9-19(26-3)13-20(17)21)22(25)10-15-4-6-16(14-24)7-5-15/h4-9,11-14H,10H2,1-3H3. The van der Waals surface area contributed by atoms with Crippen LogP contribution < -0.4 is 9.64 Å². The summed E-state index contributed by atoms with van der Waals surface area (Å²) in [6.07, 6.45) is 1.10. The number of hydrogen-bond acceptors (Lipinski definition) is 4. The summed E-state index contributed by atoms with van der Waals surface area (Å²) in [6.45, 7) is 0. The van der Waals surface area contributed by atoms with Crippen LogP contribution in [0.2, 0.25) is 0 Å². The quantitative estimate of drug-likeness (QED) is 0.496. The van der Waals surface area contributed by atoms with Gasteiger partial charge in [-0.25, -0.2) is 0 Å². The Morgan fingerprint density at radius 1 is 1.04 bits per heavy atom. The van der Waals surface area contributed by atoms with Gasteiger partial charge in [-0.1, -0.05) is 30.3 Å². The number of benzene rings is 3. The monoisotopic (exact) mass is 347 g/mol. The SMILES string of the molecule is COc1ccc2cc(C(=O)Cc3ccc(C=O)cc3)cc(N(C)C)c2c1. The highest BCUT2D eigenvalue weighted by atomic mass is 16.5.